The van der Waals surface area contributed by atoms with E-state index in [1.54, 1.807) is 18.2 Å². The summed E-state index contributed by atoms with van der Waals surface area (Å²) in [4.78, 5) is 25.8. The van der Waals surface area contributed by atoms with Crippen LogP contribution in [0, 0.1) is 0 Å². The van der Waals surface area contributed by atoms with E-state index in [1.807, 2.05) is 0 Å². The maximum absolute atomic E-state index is 12.1. The lowest BCUT2D eigenvalue weighted by molar-refractivity contribution is -0.116. The van der Waals surface area contributed by atoms with Crippen molar-refractivity contribution in [3.8, 4) is 0 Å². The fraction of sp³-hybridized carbons (Fsp3) is 0.167. The first-order chi connectivity index (χ1) is 11.3. The Morgan fingerprint density at radius 2 is 2.21 bits per heavy atom. The number of hydrogen-bond acceptors (Lipinski definition) is 7. The minimum Gasteiger partial charge on any atom is -0.406 e. The SMILES string of the molecule is CS(=O)(=O)Nc1cn(CC(=O)Nc2cccc3[nH]c(=O)oc23)nn1. The molecule has 0 aliphatic rings. The summed E-state index contributed by atoms with van der Waals surface area (Å²) < 4.78 is 30.5. The van der Waals surface area contributed by atoms with Gasteiger partial charge in [-0.05, 0) is 12.1 Å². The van der Waals surface area contributed by atoms with E-state index in [0.29, 0.717) is 11.2 Å². The van der Waals surface area contributed by atoms with Gasteiger partial charge >= 0.3 is 5.76 Å². The summed E-state index contributed by atoms with van der Waals surface area (Å²) >= 11 is 0. The van der Waals surface area contributed by atoms with E-state index in [0.717, 1.165) is 10.9 Å². The number of H-pyrrole nitrogens is 1. The maximum atomic E-state index is 12.1. The lowest BCUT2D eigenvalue weighted by atomic mass is 10.3. The van der Waals surface area contributed by atoms with Gasteiger partial charge in [0.15, 0.2) is 11.4 Å². The van der Waals surface area contributed by atoms with Gasteiger partial charge in [-0.1, -0.05) is 11.3 Å². The first kappa shape index (κ1) is 15.7. The number of amides is 1. The molecule has 0 aliphatic heterocycles. The van der Waals surface area contributed by atoms with Crippen LogP contribution in [0.2, 0.25) is 0 Å². The normalized spacial score (nSPS) is 11.5. The Hall–Kier alpha value is -3.15. The lowest BCUT2D eigenvalue weighted by Crippen LogP contribution is -2.19. The van der Waals surface area contributed by atoms with Gasteiger partial charge in [-0.15, -0.1) is 5.10 Å². The van der Waals surface area contributed by atoms with Gasteiger partial charge in [-0.2, -0.15) is 0 Å². The highest BCUT2D eigenvalue weighted by Crippen LogP contribution is 2.20. The number of sulfonamides is 1. The van der Waals surface area contributed by atoms with Crippen LogP contribution in [0.5, 0.6) is 0 Å². The second kappa shape index (κ2) is 5.81. The molecule has 3 N–H and O–H groups in total. The van der Waals surface area contributed by atoms with Gasteiger partial charge < -0.3 is 9.73 Å². The number of para-hydroxylation sites is 1. The fourth-order valence-electron chi connectivity index (χ4n) is 2.02. The molecule has 0 bridgehead atoms. The van der Waals surface area contributed by atoms with Crippen LogP contribution in [0.25, 0.3) is 11.1 Å². The maximum Gasteiger partial charge on any atom is 0.417 e. The molecule has 11 nitrogen and oxygen atoms in total. The van der Waals surface area contributed by atoms with Crippen LogP contribution in [0.15, 0.2) is 33.6 Å². The molecule has 0 spiro atoms. The summed E-state index contributed by atoms with van der Waals surface area (Å²) in [7, 11) is -3.47. The lowest BCUT2D eigenvalue weighted by Gasteiger charge is -2.04. The fourth-order valence-corrected chi connectivity index (χ4v) is 2.49. The molecule has 3 aromatic rings. The highest BCUT2D eigenvalue weighted by Gasteiger charge is 2.12. The molecule has 0 aliphatic carbocycles. The number of nitrogens with zero attached hydrogens (tertiary/aromatic N) is 3. The number of benzene rings is 1. The molecule has 24 heavy (non-hydrogen) atoms. The summed E-state index contributed by atoms with van der Waals surface area (Å²) in [6, 6.07) is 4.86. The predicted molar refractivity (Wildman–Crippen MR) is 84.0 cm³/mol. The van der Waals surface area contributed by atoms with Crippen LogP contribution < -0.4 is 15.8 Å². The highest BCUT2D eigenvalue weighted by atomic mass is 32.2. The Kier molecular flexibility index (Phi) is 3.81. The third-order valence-corrected chi connectivity index (χ3v) is 3.43. The van der Waals surface area contributed by atoms with Gasteiger partial charge in [0.25, 0.3) is 0 Å². The van der Waals surface area contributed by atoms with E-state index < -0.39 is 21.7 Å². The van der Waals surface area contributed by atoms with E-state index in [9.17, 15) is 18.0 Å². The zero-order chi connectivity index (χ0) is 17.3. The molecule has 0 atom stereocenters. The van der Waals surface area contributed by atoms with Crippen molar-refractivity contribution in [1.82, 2.24) is 20.0 Å². The molecule has 3 rings (SSSR count). The molecule has 0 saturated carbocycles. The summed E-state index contributed by atoms with van der Waals surface area (Å²) in [6.07, 6.45) is 2.25. The summed E-state index contributed by atoms with van der Waals surface area (Å²) in [5.41, 5.74) is 1.01. The molecule has 2 aromatic heterocycles. The van der Waals surface area contributed by atoms with Gasteiger partial charge in [-0.25, -0.2) is 17.9 Å². The molecule has 1 amide bonds. The van der Waals surface area contributed by atoms with E-state index in [2.05, 4.69) is 25.3 Å². The van der Waals surface area contributed by atoms with E-state index in [1.165, 1.54) is 6.20 Å². The highest BCUT2D eigenvalue weighted by molar-refractivity contribution is 7.92. The van der Waals surface area contributed by atoms with Gasteiger partial charge in [-0.3, -0.25) is 14.5 Å². The zero-order valence-corrected chi connectivity index (χ0v) is 13.1. The Morgan fingerprint density at radius 1 is 1.42 bits per heavy atom. The van der Waals surface area contributed by atoms with Gasteiger partial charge in [0.2, 0.25) is 15.9 Å². The number of rotatable bonds is 5. The van der Waals surface area contributed by atoms with Crippen LogP contribution in [0.3, 0.4) is 0 Å². The number of hydrogen-bond donors (Lipinski definition) is 3. The Bertz CT molecular complexity index is 1060. The molecule has 0 radical (unpaired) electrons. The molecule has 1 aromatic carbocycles. The number of carbonyl (C=O) groups is 1. The number of nitrogens with one attached hydrogen (secondary N) is 3. The zero-order valence-electron chi connectivity index (χ0n) is 12.3. The molecule has 126 valence electrons. The van der Waals surface area contributed by atoms with E-state index in [-0.39, 0.29) is 17.9 Å². The molecular formula is C12H12N6O5S. The number of aromatic nitrogens is 4. The van der Waals surface area contributed by atoms with Gasteiger partial charge in [0.05, 0.1) is 23.7 Å². The molecule has 0 unspecified atom stereocenters. The van der Waals surface area contributed by atoms with Crippen LogP contribution in [0.4, 0.5) is 11.5 Å². The second-order valence-corrected chi connectivity index (χ2v) is 6.67. The first-order valence-electron chi connectivity index (χ1n) is 6.60. The first-order valence-corrected chi connectivity index (χ1v) is 8.49. The van der Waals surface area contributed by atoms with Crippen molar-refractivity contribution < 1.29 is 17.6 Å². The van der Waals surface area contributed by atoms with Crippen LogP contribution >= 0.6 is 0 Å². The van der Waals surface area contributed by atoms with Crippen molar-refractivity contribution in [2.45, 2.75) is 6.54 Å². The topological polar surface area (TPSA) is 152 Å². The number of carbonyl (C=O) groups excluding carboxylic acids is 1. The van der Waals surface area contributed by atoms with Crippen molar-refractivity contribution in [2.75, 3.05) is 16.3 Å². The second-order valence-electron chi connectivity index (χ2n) is 4.92. The minimum absolute atomic E-state index is 0.00373. The van der Waals surface area contributed by atoms with Gasteiger partial charge in [0, 0.05) is 0 Å². The number of oxazole rings is 1. The van der Waals surface area contributed by atoms with Crippen LogP contribution in [-0.2, 0) is 21.4 Å². The summed E-state index contributed by atoms with van der Waals surface area (Å²) in [5.74, 6) is -1.08. The van der Waals surface area contributed by atoms with Crippen molar-refractivity contribution >= 4 is 38.5 Å². The van der Waals surface area contributed by atoms with Gasteiger partial charge in [0.1, 0.15) is 6.54 Å². The van der Waals surface area contributed by atoms with Crippen molar-refractivity contribution in [2.24, 2.45) is 0 Å². The van der Waals surface area contributed by atoms with Crippen LogP contribution in [0.1, 0.15) is 0 Å². The molecule has 0 fully saturated rings. The number of fused-ring (bicyclic) bond motifs is 1. The van der Waals surface area contributed by atoms with E-state index in [4.69, 9.17) is 4.42 Å². The number of anilines is 2. The number of aromatic amines is 1. The van der Waals surface area contributed by atoms with Crippen molar-refractivity contribution in [3.63, 3.8) is 0 Å². The third-order valence-electron chi connectivity index (χ3n) is 2.85. The quantitative estimate of drug-likeness (QED) is 0.571. The minimum atomic E-state index is -3.47. The third kappa shape index (κ3) is 3.60. The largest absolute Gasteiger partial charge is 0.417 e. The Morgan fingerprint density at radius 3 is 2.96 bits per heavy atom. The Labute approximate surface area is 134 Å². The molecule has 2 heterocycles. The summed E-state index contributed by atoms with van der Waals surface area (Å²) in [5, 5.41) is 9.83. The van der Waals surface area contributed by atoms with E-state index >= 15 is 0 Å². The summed E-state index contributed by atoms with van der Waals surface area (Å²) in [6.45, 7) is -0.205. The standard InChI is InChI=1S/C12H12N6O5S/c1-24(21,22)16-9-5-18(17-15-9)6-10(19)13-7-3-2-4-8-11(7)23-12(20)14-8/h2-5,16H,6H2,1H3,(H,13,19)(H,14,20). The predicted octanol–water partition coefficient (Wildman–Crippen LogP) is -0.277. The molecular weight excluding hydrogens is 340 g/mol. The van der Waals surface area contributed by atoms with Crippen molar-refractivity contribution in [1.29, 1.82) is 0 Å². The van der Waals surface area contributed by atoms with Crippen molar-refractivity contribution in [3.05, 3.63) is 34.9 Å². The molecule has 0 saturated heterocycles. The smallest absolute Gasteiger partial charge is 0.406 e. The average molecular weight is 352 g/mol. The van der Waals surface area contributed by atoms with Crippen LogP contribution in [-0.4, -0.2) is 40.6 Å². The monoisotopic (exact) mass is 352 g/mol. The average Bonchev–Trinajstić information content (AvgIpc) is 3.03. The Balaban J connectivity index is 1.72. The molecule has 12 heteroatoms.